The molecule has 0 radical (unpaired) electrons. The van der Waals surface area contributed by atoms with E-state index in [2.05, 4.69) is 25.7 Å². The third-order valence-corrected chi connectivity index (χ3v) is 3.05. The third kappa shape index (κ3) is 2.20. The van der Waals surface area contributed by atoms with E-state index in [0.717, 1.165) is 12.5 Å². The van der Waals surface area contributed by atoms with Crippen LogP contribution in [0.5, 0.6) is 0 Å². The molecule has 0 aromatic rings. The van der Waals surface area contributed by atoms with Gasteiger partial charge in [-0.25, -0.2) is 0 Å². The summed E-state index contributed by atoms with van der Waals surface area (Å²) in [5.41, 5.74) is 0. The molecule has 1 rings (SSSR count). The molecule has 2 atom stereocenters. The Bertz CT molecular complexity index is 136. The summed E-state index contributed by atoms with van der Waals surface area (Å²) in [5, 5.41) is 0. The molecule has 2 nitrogen and oxygen atoms in total. The summed E-state index contributed by atoms with van der Waals surface area (Å²) in [6.45, 7) is 9.20. The van der Waals surface area contributed by atoms with Crippen LogP contribution in [0.4, 0.5) is 0 Å². The number of methoxy groups -OCH3 is 1. The molecule has 0 bridgehead atoms. The Kier molecular flexibility index (Phi) is 3.53. The highest BCUT2D eigenvalue weighted by atomic mass is 16.5. The maximum atomic E-state index is 5.33. The van der Waals surface area contributed by atoms with Gasteiger partial charge in [0.05, 0.1) is 6.10 Å². The van der Waals surface area contributed by atoms with Crippen LogP contribution in [0.2, 0.25) is 0 Å². The SMILES string of the molecule is CO[C@H]1CCN(C(C)C(C)C)C1. The second kappa shape index (κ2) is 4.24. The average molecular weight is 171 g/mol. The van der Waals surface area contributed by atoms with Crippen molar-refractivity contribution in [3.05, 3.63) is 0 Å². The zero-order valence-electron chi connectivity index (χ0n) is 8.71. The molecule has 0 N–H and O–H groups in total. The normalized spacial score (nSPS) is 28.2. The van der Waals surface area contributed by atoms with Crippen molar-refractivity contribution in [2.45, 2.75) is 39.3 Å². The van der Waals surface area contributed by atoms with E-state index in [1.54, 1.807) is 0 Å². The number of nitrogens with zero attached hydrogens (tertiary/aromatic N) is 1. The molecule has 0 saturated carbocycles. The van der Waals surface area contributed by atoms with Gasteiger partial charge in [0, 0.05) is 26.2 Å². The molecule has 0 spiro atoms. The molecule has 1 aliphatic heterocycles. The van der Waals surface area contributed by atoms with Gasteiger partial charge in [0.1, 0.15) is 0 Å². The van der Waals surface area contributed by atoms with Crippen LogP contribution in [0, 0.1) is 5.92 Å². The van der Waals surface area contributed by atoms with E-state index in [1.807, 2.05) is 7.11 Å². The summed E-state index contributed by atoms with van der Waals surface area (Å²) in [7, 11) is 1.81. The number of rotatable bonds is 3. The Morgan fingerprint density at radius 1 is 1.33 bits per heavy atom. The molecule has 1 heterocycles. The molecule has 0 aromatic carbocycles. The minimum atomic E-state index is 0.478. The third-order valence-electron chi connectivity index (χ3n) is 3.05. The van der Waals surface area contributed by atoms with E-state index < -0.39 is 0 Å². The first-order valence-electron chi connectivity index (χ1n) is 4.92. The van der Waals surface area contributed by atoms with Gasteiger partial charge in [0.15, 0.2) is 0 Å². The van der Waals surface area contributed by atoms with Crippen LogP contribution in [0.3, 0.4) is 0 Å². The van der Waals surface area contributed by atoms with Crippen molar-refractivity contribution >= 4 is 0 Å². The van der Waals surface area contributed by atoms with Gasteiger partial charge >= 0.3 is 0 Å². The zero-order chi connectivity index (χ0) is 9.14. The zero-order valence-corrected chi connectivity index (χ0v) is 8.71. The summed E-state index contributed by atoms with van der Waals surface area (Å²) >= 11 is 0. The Morgan fingerprint density at radius 3 is 2.42 bits per heavy atom. The van der Waals surface area contributed by atoms with Gasteiger partial charge in [0.2, 0.25) is 0 Å². The first-order valence-corrected chi connectivity index (χ1v) is 4.92. The van der Waals surface area contributed by atoms with Gasteiger partial charge in [0.25, 0.3) is 0 Å². The van der Waals surface area contributed by atoms with Crippen LogP contribution in [0.25, 0.3) is 0 Å². The van der Waals surface area contributed by atoms with Crippen LogP contribution < -0.4 is 0 Å². The molecule has 2 heteroatoms. The smallest absolute Gasteiger partial charge is 0.0710 e. The van der Waals surface area contributed by atoms with Crippen LogP contribution in [0.15, 0.2) is 0 Å². The van der Waals surface area contributed by atoms with Crippen molar-refractivity contribution in [1.29, 1.82) is 0 Å². The lowest BCUT2D eigenvalue weighted by atomic mass is 10.1. The molecule has 1 fully saturated rings. The van der Waals surface area contributed by atoms with E-state index in [4.69, 9.17) is 4.74 Å². The minimum Gasteiger partial charge on any atom is -0.380 e. The molecular formula is C10H21NO. The quantitative estimate of drug-likeness (QED) is 0.641. The highest BCUT2D eigenvalue weighted by molar-refractivity contribution is 4.80. The molecule has 0 aromatic heterocycles. The van der Waals surface area contributed by atoms with Crippen molar-refractivity contribution in [2.24, 2.45) is 5.92 Å². The lowest BCUT2D eigenvalue weighted by Crippen LogP contribution is -2.35. The molecule has 12 heavy (non-hydrogen) atoms. The number of likely N-dealkylation sites (tertiary alicyclic amines) is 1. The first-order chi connectivity index (χ1) is 5.65. The van der Waals surface area contributed by atoms with Gasteiger partial charge in [-0.05, 0) is 19.3 Å². The van der Waals surface area contributed by atoms with E-state index in [9.17, 15) is 0 Å². The Labute approximate surface area is 75.9 Å². The fourth-order valence-corrected chi connectivity index (χ4v) is 1.74. The summed E-state index contributed by atoms with van der Waals surface area (Å²) in [6, 6.07) is 0.699. The lowest BCUT2D eigenvalue weighted by Gasteiger charge is -2.27. The molecule has 1 aliphatic rings. The second-order valence-electron chi connectivity index (χ2n) is 4.13. The molecule has 1 unspecified atom stereocenters. The van der Waals surface area contributed by atoms with Crippen LogP contribution in [-0.2, 0) is 4.74 Å². The van der Waals surface area contributed by atoms with E-state index in [-0.39, 0.29) is 0 Å². The molecule has 0 amide bonds. The summed E-state index contributed by atoms with van der Waals surface area (Å²) in [6.07, 6.45) is 1.68. The van der Waals surface area contributed by atoms with Crippen molar-refractivity contribution < 1.29 is 4.74 Å². The Balaban J connectivity index is 2.35. The van der Waals surface area contributed by atoms with Gasteiger partial charge in [-0.2, -0.15) is 0 Å². The van der Waals surface area contributed by atoms with Crippen LogP contribution >= 0.6 is 0 Å². The van der Waals surface area contributed by atoms with Gasteiger partial charge < -0.3 is 4.74 Å². The average Bonchev–Trinajstić information content (AvgIpc) is 2.50. The maximum absolute atomic E-state index is 5.33. The summed E-state index contributed by atoms with van der Waals surface area (Å²) in [5.74, 6) is 0.751. The lowest BCUT2D eigenvalue weighted by molar-refractivity contribution is 0.0973. The Morgan fingerprint density at radius 2 is 2.00 bits per heavy atom. The topological polar surface area (TPSA) is 12.5 Å². The fourth-order valence-electron chi connectivity index (χ4n) is 1.74. The summed E-state index contributed by atoms with van der Waals surface area (Å²) < 4.78 is 5.33. The van der Waals surface area contributed by atoms with E-state index in [1.165, 1.54) is 13.0 Å². The fraction of sp³-hybridized carbons (Fsp3) is 1.00. The maximum Gasteiger partial charge on any atom is 0.0710 e. The van der Waals surface area contributed by atoms with Crippen LogP contribution in [0.1, 0.15) is 27.2 Å². The number of hydrogen-bond acceptors (Lipinski definition) is 2. The second-order valence-corrected chi connectivity index (χ2v) is 4.13. The standard InChI is InChI=1S/C10H21NO/c1-8(2)9(3)11-6-5-10(7-11)12-4/h8-10H,5-7H2,1-4H3/t9?,10-/m0/s1. The van der Waals surface area contributed by atoms with Crippen LogP contribution in [-0.4, -0.2) is 37.2 Å². The largest absolute Gasteiger partial charge is 0.380 e. The molecule has 72 valence electrons. The van der Waals surface area contributed by atoms with Crippen molar-refractivity contribution in [2.75, 3.05) is 20.2 Å². The first kappa shape index (κ1) is 10.0. The van der Waals surface area contributed by atoms with Crippen molar-refractivity contribution in [1.82, 2.24) is 4.90 Å². The van der Waals surface area contributed by atoms with Gasteiger partial charge in [-0.15, -0.1) is 0 Å². The van der Waals surface area contributed by atoms with Crippen molar-refractivity contribution in [3.8, 4) is 0 Å². The highest BCUT2D eigenvalue weighted by Gasteiger charge is 2.26. The monoisotopic (exact) mass is 171 g/mol. The predicted octanol–water partition coefficient (Wildman–Crippen LogP) is 1.75. The molecular weight excluding hydrogens is 150 g/mol. The van der Waals surface area contributed by atoms with Gasteiger partial charge in [-0.3, -0.25) is 4.90 Å². The van der Waals surface area contributed by atoms with Crippen molar-refractivity contribution in [3.63, 3.8) is 0 Å². The summed E-state index contributed by atoms with van der Waals surface area (Å²) in [4.78, 5) is 2.53. The number of hydrogen-bond donors (Lipinski definition) is 0. The van der Waals surface area contributed by atoms with E-state index >= 15 is 0 Å². The van der Waals surface area contributed by atoms with E-state index in [0.29, 0.717) is 12.1 Å². The number of ether oxygens (including phenoxy) is 1. The molecule has 0 aliphatic carbocycles. The minimum absolute atomic E-state index is 0.478. The Hall–Kier alpha value is -0.0800. The predicted molar refractivity (Wildman–Crippen MR) is 51.3 cm³/mol. The highest BCUT2D eigenvalue weighted by Crippen LogP contribution is 2.18. The molecule has 1 saturated heterocycles. The van der Waals surface area contributed by atoms with Gasteiger partial charge in [-0.1, -0.05) is 13.8 Å².